The van der Waals surface area contributed by atoms with Gasteiger partial charge in [-0.2, -0.15) is 0 Å². The van der Waals surface area contributed by atoms with E-state index in [2.05, 4.69) is 6.92 Å². The maximum Gasteiger partial charge on any atom is 0.180 e. The summed E-state index contributed by atoms with van der Waals surface area (Å²) in [4.78, 5) is 0. The molecule has 0 atom stereocenters. The third kappa shape index (κ3) is 2.30. The second-order valence-corrected chi connectivity index (χ2v) is 4.59. The molecule has 0 saturated heterocycles. The summed E-state index contributed by atoms with van der Waals surface area (Å²) in [7, 11) is 0. The molecule has 0 fully saturated rings. The lowest BCUT2D eigenvalue weighted by Gasteiger charge is -2.21. The van der Waals surface area contributed by atoms with E-state index in [1.165, 1.54) is 0 Å². The summed E-state index contributed by atoms with van der Waals surface area (Å²) in [5.41, 5.74) is -0.183. The third-order valence-corrected chi connectivity index (χ3v) is 2.81. The first-order chi connectivity index (χ1) is 6.49. The zero-order chi connectivity index (χ0) is 10.8. The van der Waals surface area contributed by atoms with Crippen LogP contribution < -0.4 is 0 Å². The van der Waals surface area contributed by atoms with Gasteiger partial charge in [0.1, 0.15) is 17.0 Å². The highest BCUT2D eigenvalue weighted by Gasteiger charge is 2.28. The molecule has 1 aromatic rings. The van der Waals surface area contributed by atoms with Crippen molar-refractivity contribution < 1.29 is 8.81 Å². The Kier molecular flexibility index (Phi) is 3.59. The predicted octanol–water partition coefficient (Wildman–Crippen LogP) is 4.54. The van der Waals surface area contributed by atoms with Crippen molar-refractivity contribution in [2.75, 3.05) is 0 Å². The monoisotopic (exact) mass is 218 g/mol. The van der Waals surface area contributed by atoms with Gasteiger partial charge in [-0.15, -0.1) is 0 Å². The molecule has 0 aliphatic rings. The van der Waals surface area contributed by atoms with Gasteiger partial charge in [-0.25, -0.2) is 4.39 Å². The van der Waals surface area contributed by atoms with E-state index in [4.69, 9.17) is 16.0 Å². The minimum Gasteiger partial charge on any atom is -0.464 e. The van der Waals surface area contributed by atoms with E-state index in [0.29, 0.717) is 5.76 Å². The van der Waals surface area contributed by atoms with Crippen LogP contribution >= 0.6 is 11.6 Å². The number of unbranched alkanes of at least 4 members (excludes halogenated alkanes) is 1. The highest BCUT2D eigenvalue weighted by Crippen LogP contribution is 2.36. The summed E-state index contributed by atoms with van der Waals surface area (Å²) in [6.45, 7) is 6.17. The van der Waals surface area contributed by atoms with Crippen LogP contribution in [0.3, 0.4) is 0 Å². The van der Waals surface area contributed by atoms with Crippen LogP contribution in [-0.2, 0) is 5.41 Å². The summed E-state index contributed by atoms with van der Waals surface area (Å²) in [6.07, 6.45) is 4.23. The van der Waals surface area contributed by atoms with Crippen molar-refractivity contribution in [3.8, 4) is 0 Å². The minimum absolute atomic E-state index is 0.131. The third-order valence-electron chi connectivity index (χ3n) is 2.46. The van der Waals surface area contributed by atoms with Gasteiger partial charge in [-0.05, 0) is 6.42 Å². The largest absolute Gasteiger partial charge is 0.464 e. The van der Waals surface area contributed by atoms with Gasteiger partial charge in [-0.1, -0.05) is 45.2 Å². The fourth-order valence-corrected chi connectivity index (χ4v) is 1.86. The summed E-state index contributed by atoms with van der Waals surface area (Å²) in [5, 5.41) is 0.131. The number of rotatable bonds is 4. The molecule has 0 unspecified atom stereocenters. The molecule has 1 aromatic heterocycles. The van der Waals surface area contributed by atoms with Crippen molar-refractivity contribution in [1.29, 1.82) is 0 Å². The van der Waals surface area contributed by atoms with Crippen LogP contribution in [0.4, 0.5) is 4.39 Å². The Morgan fingerprint density at radius 3 is 2.57 bits per heavy atom. The Hall–Kier alpha value is -0.500. The quantitative estimate of drug-likeness (QED) is 0.723. The molecule has 0 N–H and O–H groups in total. The van der Waals surface area contributed by atoms with E-state index < -0.39 is 5.82 Å². The second kappa shape index (κ2) is 4.35. The molecule has 0 aliphatic heterocycles. The first-order valence-electron chi connectivity index (χ1n) is 4.92. The maximum atomic E-state index is 13.0. The van der Waals surface area contributed by atoms with Crippen LogP contribution in [0.2, 0.25) is 5.02 Å². The molecule has 0 aromatic carbocycles. The van der Waals surface area contributed by atoms with Crippen molar-refractivity contribution in [1.82, 2.24) is 0 Å². The SMILES string of the molecule is CCCCC(C)(C)c1occ(F)c1Cl. The Bertz CT molecular complexity index is 304. The molecule has 1 nitrogen and oxygen atoms in total. The molecule has 0 amide bonds. The molecular weight excluding hydrogens is 203 g/mol. The highest BCUT2D eigenvalue weighted by molar-refractivity contribution is 6.31. The molecule has 80 valence electrons. The topological polar surface area (TPSA) is 13.1 Å². The molecule has 14 heavy (non-hydrogen) atoms. The van der Waals surface area contributed by atoms with Crippen LogP contribution in [0.25, 0.3) is 0 Å². The van der Waals surface area contributed by atoms with Crippen LogP contribution in [0.5, 0.6) is 0 Å². The lowest BCUT2D eigenvalue weighted by molar-refractivity contribution is 0.355. The first-order valence-corrected chi connectivity index (χ1v) is 5.30. The normalized spacial score (nSPS) is 12.1. The van der Waals surface area contributed by atoms with Crippen molar-refractivity contribution in [3.05, 3.63) is 22.9 Å². The molecule has 1 rings (SSSR count). The van der Waals surface area contributed by atoms with Gasteiger partial charge in [0, 0.05) is 5.41 Å². The Morgan fingerprint density at radius 2 is 2.14 bits per heavy atom. The molecule has 1 heterocycles. The summed E-state index contributed by atoms with van der Waals surface area (Å²) >= 11 is 5.80. The zero-order valence-corrected chi connectivity index (χ0v) is 9.62. The summed E-state index contributed by atoms with van der Waals surface area (Å²) < 4.78 is 18.1. The van der Waals surface area contributed by atoms with E-state index in [1.807, 2.05) is 13.8 Å². The van der Waals surface area contributed by atoms with Gasteiger partial charge in [0.25, 0.3) is 0 Å². The second-order valence-electron chi connectivity index (χ2n) is 4.21. The lowest BCUT2D eigenvalue weighted by Crippen LogP contribution is -2.16. The van der Waals surface area contributed by atoms with Crippen LogP contribution in [0.1, 0.15) is 45.8 Å². The van der Waals surface area contributed by atoms with Crippen LogP contribution in [-0.4, -0.2) is 0 Å². The zero-order valence-electron chi connectivity index (χ0n) is 8.86. The Labute approximate surface area is 89.2 Å². The molecule has 0 bridgehead atoms. The number of hydrogen-bond acceptors (Lipinski definition) is 1. The van der Waals surface area contributed by atoms with Crippen LogP contribution in [0.15, 0.2) is 10.7 Å². The van der Waals surface area contributed by atoms with Crippen molar-refractivity contribution in [3.63, 3.8) is 0 Å². The van der Waals surface area contributed by atoms with Gasteiger partial charge >= 0.3 is 0 Å². The molecule has 0 aliphatic carbocycles. The van der Waals surface area contributed by atoms with Gasteiger partial charge in [-0.3, -0.25) is 0 Å². The fraction of sp³-hybridized carbons (Fsp3) is 0.636. The van der Waals surface area contributed by atoms with Gasteiger partial charge in [0.2, 0.25) is 0 Å². The predicted molar refractivity (Wildman–Crippen MR) is 56.2 cm³/mol. The first kappa shape index (κ1) is 11.6. The van der Waals surface area contributed by atoms with E-state index in [-0.39, 0.29) is 10.4 Å². The lowest BCUT2D eigenvalue weighted by atomic mass is 9.85. The van der Waals surface area contributed by atoms with Crippen molar-refractivity contribution in [2.45, 2.75) is 45.4 Å². The number of hydrogen-bond donors (Lipinski definition) is 0. The van der Waals surface area contributed by atoms with Gasteiger partial charge in [0.05, 0.1) is 0 Å². The average molecular weight is 219 g/mol. The van der Waals surface area contributed by atoms with Crippen molar-refractivity contribution in [2.24, 2.45) is 0 Å². The number of halogens is 2. The van der Waals surface area contributed by atoms with E-state index in [0.717, 1.165) is 25.5 Å². The highest BCUT2D eigenvalue weighted by atomic mass is 35.5. The Morgan fingerprint density at radius 1 is 1.50 bits per heavy atom. The van der Waals surface area contributed by atoms with Crippen LogP contribution in [0, 0.1) is 5.82 Å². The van der Waals surface area contributed by atoms with E-state index in [1.54, 1.807) is 0 Å². The summed E-state index contributed by atoms with van der Waals surface area (Å²) in [6, 6.07) is 0. The van der Waals surface area contributed by atoms with Gasteiger partial charge < -0.3 is 4.42 Å². The standard InChI is InChI=1S/C11H16ClFO/c1-4-5-6-11(2,3)10-9(12)8(13)7-14-10/h7H,4-6H2,1-3H3. The smallest absolute Gasteiger partial charge is 0.180 e. The van der Waals surface area contributed by atoms with E-state index >= 15 is 0 Å². The maximum absolute atomic E-state index is 13.0. The Balaban J connectivity index is 2.86. The molecule has 0 spiro atoms. The molecule has 0 saturated carbocycles. The molecule has 3 heteroatoms. The summed E-state index contributed by atoms with van der Waals surface area (Å²) in [5.74, 6) is 0.0938. The molecule has 0 radical (unpaired) electrons. The van der Waals surface area contributed by atoms with Gasteiger partial charge in [0.15, 0.2) is 5.82 Å². The molecular formula is C11H16ClFO. The fourth-order valence-electron chi connectivity index (χ4n) is 1.51. The van der Waals surface area contributed by atoms with E-state index in [9.17, 15) is 4.39 Å². The minimum atomic E-state index is -0.466. The van der Waals surface area contributed by atoms with Crippen molar-refractivity contribution >= 4 is 11.6 Å². The number of furan rings is 1. The average Bonchev–Trinajstić information content (AvgIpc) is 2.45.